The summed E-state index contributed by atoms with van der Waals surface area (Å²) in [6, 6.07) is 0. The fourth-order valence-electron chi connectivity index (χ4n) is 0.385. The summed E-state index contributed by atoms with van der Waals surface area (Å²) in [5.74, 6) is 0. The van der Waals surface area contributed by atoms with Crippen molar-refractivity contribution in [3.63, 3.8) is 0 Å². The third-order valence-corrected chi connectivity index (χ3v) is 1.19. The van der Waals surface area contributed by atoms with Crippen molar-refractivity contribution >= 4 is 11.6 Å². The highest BCUT2D eigenvalue weighted by atomic mass is 127. The van der Waals surface area contributed by atoms with Gasteiger partial charge in [0.1, 0.15) is 12.4 Å². The van der Waals surface area contributed by atoms with Gasteiger partial charge < -0.3 is 24.0 Å². The molecule has 1 N–H and O–H groups in total. The summed E-state index contributed by atoms with van der Waals surface area (Å²) in [6.07, 6.45) is 3.63. The zero-order chi connectivity index (χ0) is 5.28. The minimum atomic E-state index is 0. The summed E-state index contributed by atoms with van der Waals surface area (Å²) in [6.45, 7) is 0. The van der Waals surface area contributed by atoms with Crippen LogP contribution in [-0.4, -0.2) is 4.98 Å². The summed E-state index contributed by atoms with van der Waals surface area (Å²) in [5, 5.41) is 0.653. The Kier molecular flexibility index (Phi) is 3.39. The Morgan fingerprint density at radius 1 is 1.75 bits per heavy atom. The van der Waals surface area contributed by atoms with Gasteiger partial charge in [0.05, 0.1) is 7.05 Å². The quantitative estimate of drug-likeness (QED) is 0.384. The molecule has 0 aromatic carbocycles. The predicted octanol–water partition coefficient (Wildman–Crippen LogP) is -2.50. The number of rotatable bonds is 0. The average molecular weight is 244 g/mol. The standard InChI is InChI=1S/C4H5ClN2.HI/c1-7-3-2-6-4(7)5;/h2-3H,1H3;1H. The largest absolute Gasteiger partial charge is 1.00 e. The molecule has 0 aliphatic heterocycles. The third kappa shape index (κ3) is 1.63. The van der Waals surface area contributed by atoms with Crippen LogP contribution >= 0.6 is 11.6 Å². The van der Waals surface area contributed by atoms with Gasteiger partial charge in [-0.15, -0.1) is 0 Å². The first-order valence-corrected chi connectivity index (χ1v) is 2.37. The van der Waals surface area contributed by atoms with E-state index >= 15 is 0 Å². The molecule has 0 aliphatic rings. The van der Waals surface area contributed by atoms with E-state index in [1.807, 2.05) is 13.2 Å². The van der Waals surface area contributed by atoms with E-state index in [1.165, 1.54) is 0 Å². The fraction of sp³-hybridized carbons (Fsp3) is 0.250. The summed E-state index contributed by atoms with van der Waals surface area (Å²) in [5.41, 5.74) is 0. The number of imidazole rings is 1. The highest BCUT2D eigenvalue weighted by Gasteiger charge is 1.96. The van der Waals surface area contributed by atoms with Gasteiger partial charge in [0.25, 0.3) is 0 Å². The van der Waals surface area contributed by atoms with Gasteiger partial charge >= 0.3 is 5.28 Å². The lowest BCUT2D eigenvalue weighted by Gasteiger charge is -1.74. The second kappa shape index (κ2) is 3.29. The minimum absolute atomic E-state index is 0. The van der Waals surface area contributed by atoms with Crippen molar-refractivity contribution in [2.75, 3.05) is 0 Å². The van der Waals surface area contributed by atoms with Crippen molar-refractivity contribution in [2.24, 2.45) is 7.05 Å². The lowest BCUT2D eigenvalue weighted by atomic mass is 10.9. The van der Waals surface area contributed by atoms with Crippen molar-refractivity contribution in [1.82, 2.24) is 4.98 Å². The molecule has 2 nitrogen and oxygen atoms in total. The first kappa shape index (κ1) is 8.23. The van der Waals surface area contributed by atoms with E-state index in [9.17, 15) is 0 Å². The van der Waals surface area contributed by atoms with E-state index in [0.717, 1.165) is 0 Å². The number of hydrogen-bond donors (Lipinski definition) is 1. The minimum Gasteiger partial charge on any atom is -1.00 e. The third-order valence-electron chi connectivity index (χ3n) is 0.810. The van der Waals surface area contributed by atoms with E-state index in [1.54, 1.807) is 10.8 Å². The molecule has 0 unspecified atom stereocenters. The van der Waals surface area contributed by atoms with Gasteiger partial charge in [-0.3, -0.25) is 0 Å². The van der Waals surface area contributed by atoms with Crippen LogP contribution in [0.2, 0.25) is 5.28 Å². The summed E-state index contributed by atoms with van der Waals surface area (Å²) in [4.78, 5) is 2.80. The molecule has 1 aromatic heterocycles. The first-order valence-electron chi connectivity index (χ1n) is 1.99. The molecule has 0 aliphatic carbocycles. The SMILES string of the molecule is C[n+]1cc[nH]c1Cl.[I-]. The van der Waals surface area contributed by atoms with Crippen molar-refractivity contribution in [1.29, 1.82) is 0 Å². The Morgan fingerprint density at radius 3 is 2.50 bits per heavy atom. The monoisotopic (exact) mass is 244 g/mol. The number of aromatic amines is 1. The molecule has 1 aromatic rings. The van der Waals surface area contributed by atoms with Crippen molar-refractivity contribution in [3.05, 3.63) is 17.7 Å². The van der Waals surface area contributed by atoms with E-state index in [2.05, 4.69) is 4.98 Å². The van der Waals surface area contributed by atoms with Crippen LogP contribution in [-0.2, 0) is 7.05 Å². The van der Waals surface area contributed by atoms with E-state index in [0.29, 0.717) is 5.28 Å². The maximum absolute atomic E-state index is 5.53. The highest BCUT2D eigenvalue weighted by Crippen LogP contribution is 1.90. The molecule has 0 amide bonds. The topological polar surface area (TPSA) is 19.7 Å². The highest BCUT2D eigenvalue weighted by molar-refractivity contribution is 6.27. The van der Waals surface area contributed by atoms with Gasteiger partial charge in [-0.05, 0) is 0 Å². The molecule has 0 fully saturated rings. The average Bonchev–Trinajstić information content (AvgIpc) is 1.91. The zero-order valence-corrected chi connectivity index (χ0v) is 7.27. The van der Waals surface area contributed by atoms with Crippen LogP contribution in [0, 0.1) is 0 Å². The number of aryl methyl sites for hydroxylation is 1. The van der Waals surface area contributed by atoms with Gasteiger partial charge in [-0.1, -0.05) is 0 Å². The molecular weight excluding hydrogens is 238 g/mol. The number of aromatic nitrogens is 2. The predicted molar refractivity (Wildman–Crippen MR) is 27.0 cm³/mol. The van der Waals surface area contributed by atoms with E-state index in [4.69, 9.17) is 11.6 Å². The molecule has 46 valence electrons. The number of H-pyrrole nitrogens is 1. The molecule has 0 saturated carbocycles. The van der Waals surface area contributed by atoms with E-state index < -0.39 is 0 Å². The van der Waals surface area contributed by atoms with Crippen molar-refractivity contribution in [2.45, 2.75) is 0 Å². The number of halogens is 2. The van der Waals surface area contributed by atoms with Crippen LogP contribution in [0.3, 0.4) is 0 Å². The number of hydrogen-bond acceptors (Lipinski definition) is 0. The maximum atomic E-state index is 5.53. The Balaban J connectivity index is 0.000000490. The Hall–Kier alpha value is 0.230. The van der Waals surface area contributed by atoms with Gasteiger partial charge in [-0.2, -0.15) is 0 Å². The molecule has 1 rings (SSSR count). The lowest BCUT2D eigenvalue weighted by Crippen LogP contribution is -3.00. The second-order valence-corrected chi connectivity index (χ2v) is 1.72. The van der Waals surface area contributed by atoms with Crippen molar-refractivity contribution in [3.8, 4) is 0 Å². The van der Waals surface area contributed by atoms with E-state index in [-0.39, 0.29) is 24.0 Å². The molecule has 0 saturated heterocycles. The molecule has 0 radical (unpaired) electrons. The van der Waals surface area contributed by atoms with Crippen LogP contribution in [0.25, 0.3) is 0 Å². The van der Waals surface area contributed by atoms with Gasteiger partial charge in [-0.25, -0.2) is 9.55 Å². The lowest BCUT2D eigenvalue weighted by molar-refractivity contribution is -0.667. The molecule has 0 atom stereocenters. The summed E-state index contributed by atoms with van der Waals surface area (Å²) < 4.78 is 1.79. The number of nitrogens with one attached hydrogen (secondary N) is 1. The van der Waals surface area contributed by atoms with Gasteiger partial charge in [0, 0.05) is 11.6 Å². The van der Waals surface area contributed by atoms with Crippen LogP contribution in [0.4, 0.5) is 0 Å². The molecule has 4 heteroatoms. The van der Waals surface area contributed by atoms with Crippen molar-refractivity contribution < 1.29 is 28.5 Å². The van der Waals surface area contributed by atoms with Crippen LogP contribution in [0.1, 0.15) is 0 Å². The van der Waals surface area contributed by atoms with Crippen LogP contribution in [0.5, 0.6) is 0 Å². The molecule has 0 spiro atoms. The number of nitrogens with zero attached hydrogens (tertiary/aromatic N) is 1. The first-order chi connectivity index (χ1) is 3.30. The molecular formula is C4H6ClIN2. The molecule has 1 heterocycles. The van der Waals surface area contributed by atoms with Gasteiger partial charge in [0.2, 0.25) is 0 Å². The maximum Gasteiger partial charge on any atom is 0.352 e. The van der Waals surface area contributed by atoms with Crippen LogP contribution in [0.15, 0.2) is 12.4 Å². The summed E-state index contributed by atoms with van der Waals surface area (Å²) >= 11 is 5.53. The smallest absolute Gasteiger partial charge is 0.352 e. The Morgan fingerprint density at radius 2 is 2.38 bits per heavy atom. The summed E-state index contributed by atoms with van der Waals surface area (Å²) in [7, 11) is 1.87. The second-order valence-electron chi connectivity index (χ2n) is 1.36. The Labute approximate surface area is 69.9 Å². The Bertz CT molecular complexity index is 146. The normalized spacial score (nSPS) is 8.25. The zero-order valence-electron chi connectivity index (χ0n) is 4.36. The fourth-order valence-corrected chi connectivity index (χ4v) is 0.504. The van der Waals surface area contributed by atoms with Gasteiger partial charge in [0.15, 0.2) is 0 Å². The molecule has 0 bridgehead atoms. The van der Waals surface area contributed by atoms with Crippen LogP contribution < -0.4 is 28.5 Å². The molecule has 8 heavy (non-hydrogen) atoms.